The van der Waals surface area contributed by atoms with Gasteiger partial charge in [-0.1, -0.05) is 24.3 Å². The molecule has 2 heterocycles. The third-order valence-corrected chi connectivity index (χ3v) is 4.68. The molecule has 0 saturated heterocycles. The minimum Gasteiger partial charge on any atom is -0.305 e. The number of anilines is 1. The molecule has 0 radical (unpaired) electrons. The van der Waals surface area contributed by atoms with Crippen molar-refractivity contribution in [1.29, 1.82) is 5.26 Å². The lowest BCUT2D eigenvalue weighted by Crippen LogP contribution is -2.40. The molecule has 1 aromatic carbocycles. The van der Waals surface area contributed by atoms with Crippen LogP contribution in [0.4, 0.5) is 5.95 Å². The van der Waals surface area contributed by atoms with E-state index in [0.717, 1.165) is 30.3 Å². The van der Waals surface area contributed by atoms with Crippen molar-refractivity contribution < 1.29 is 4.79 Å². The Morgan fingerprint density at radius 2 is 2.18 bits per heavy atom. The van der Waals surface area contributed by atoms with Gasteiger partial charge in [-0.15, -0.1) is 0 Å². The summed E-state index contributed by atoms with van der Waals surface area (Å²) >= 11 is 0. The largest absolute Gasteiger partial charge is 0.305 e. The highest BCUT2D eigenvalue weighted by atomic mass is 16.2. The van der Waals surface area contributed by atoms with Gasteiger partial charge in [-0.3, -0.25) is 10.1 Å². The van der Waals surface area contributed by atoms with Crippen LogP contribution in [-0.2, 0) is 4.79 Å². The number of aromatic nitrogens is 2. The molecule has 110 valence electrons. The van der Waals surface area contributed by atoms with Crippen LogP contribution < -0.4 is 5.32 Å². The van der Waals surface area contributed by atoms with Crippen LogP contribution in [0.5, 0.6) is 0 Å². The molecule has 2 aromatic rings. The number of benzene rings is 1. The van der Waals surface area contributed by atoms with Crippen molar-refractivity contribution in [2.24, 2.45) is 11.8 Å². The zero-order chi connectivity index (χ0) is 15.1. The summed E-state index contributed by atoms with van der Waals surface area (Å²) in [6.45, 7) is 0. The first-order valence-corrected chi connectivity index (χ1v) is 7.62. The Balaban J connectivity index is 1.92. The van der Waals surface area contributed by atoms with Gasteiger partial charge < -0.3 is 4.57 Å². The molecule has 22 heavy (non-hydrogen) atoms. The second-order valence-corrected chi connectivity index (χ2v) is 5.93. The first kappa shape index (κ1) is 13.1. The van der Waals surface area contributed by atoms with Gasteiger partial charge in [-0.2, -0.15) is 5.26 Å². The Morgan fingerprint density at radius 1 is 1.32 bits per heavy atom. The van der Waals surface area contributed by atoms with Crippen molar-refractivity contribution in [3.05, 3.63) is 36.4 Å². The van der Waals surface area contributed by atoms with Gasteiger partial charge in [0.2, 0.25) is 11.9 Å². The molecule has 3 atom stereocenters. The number of carbonyl (C=O) groups excluding carboxylic acids is 1. The van der Waals surface area contributed by atoms with Gasteiger partial charge in [0.1, 0.15) is 5.92 Å². The summed E-state index contributed by atoms with van der Waals surface area (Å²) in [5.41, 5.74) is 1.84. The molecule has 1 aromatic heterocycles. The molecule has 1 N–H and O–H groups in total. The monoisotopic (exact) mass is 292 g/mol. The number of carbonyl (C=O) groups is 1. The van der Waals surface area contributed by atoms with E-state index in [-0.39, 0.29) is 17.9 Å². The van der Waals surface area contributed by atoms with E-state index in [1.165, 1.54) is 0 Å². The average Bonchev–Trinajstić information content (AvgIpc) is 2.92. The molecule has 0 spiro atoms. The van der Waals surface area contributed by atoms with Gasteiger partial charge in [0.05, 0.1) is 23.1 Å². The van der Waals surface area contributed by atoms with Crippen molar-refractivity contribution in [3.63, 3.8) is 0 Å². The molecule has 0 saturated carbocycles. The molecule has 2 aliphatic rings. The zero-order valence-corrected chi connectivity index (χ0v) is 12.1. The summed E-state index contributed by atoms with van der Waals surface area (Å²) in [6, 6.07) is 9.90. The van der Waals surface area contributed by atoms with E-state index in [1.54, 1.807) is 0 Å². The minimum absolute atomic E-state index is 0.147. The Morgan fingerprint density at radius 3 is 2.95 bits per heavy atom. The highest BCUT2D eigenvalue weighted by Crippen LogP contribution is 2.41. The number of nitrogens with one attached hydrogen (secondary N) is 1. The first-order valence-electron chi connectivity index (χ1n) is 7.62. The third kappa shape index (κ3) is 1.84. The summed E-state index contributed by atoms with van der Waals surface area (Å²) < 4.78 is 2.06. The molecule has 4 rings (SSSR count). The molecule has 5 heteroatoms. The standard InChI is InChI=1S/C17H16N4O/c18-10-12-15(11-6-2-1-3-7-11)21-14-9-5-4-8-13(14)19-17(21)20-16(12)22/h1-2,4-5,8-9,11-12,15H,3,6-7H2,(H,19,20,22)/t11-,12-,15-/m1/s1. The quantitative estimate of drug-likeness (QED) is 0.821. The van der Waals surface area contributed by atoms with Crippen molar-refractivity contribution in [3.8, 4) is 6.07 Å². The van der Waals surface area contributed by atoms with Crippen LogP contribution in [-0.4, -0.2) is 15.5 Å². The van der Waals surface area contributed by atoms with E-state index in [9.17, 15) is 10.1 Å². The first-order chi connectivity index (χ1) is 10.8. The second kappa shape index (κ2) is 4.99. The predicted octanol–water partition coefficient (Wildman–Crippen LogP) is 3.03. The maximum atomic E-state index is 12.3. The lowest BCUT2D eigenvalue weighted by Gasteiger charge is -2.36. The average molecular weight is 292 g/mol. The van der Waals surface area contributed by atoms with Gasteiger partial charge in [-0.25, -0.2) is 4.98 Å². The molecule has 0 bridgehead atoms. The van der Waals surface area contributed by atoms with Gasteiger partial charge in [-0.05, 0) is 37.3 Å². The maximum Gasteiger partial charge on any atom is 0.246 e. The number of hydrogen-bond donors (Lipinski definition) is 1. The molecule has 1 aliphatic heterocycles. The van der Waals surface area contributed by atoms with E-state index in [0.29, 0.717) is 5.95 Å². The Bertz CT molecular complexity index is 814. The fraction of sp³-hybridized carbons (Fsp3) is 0.353. The predicted molar refractivity (Wildman–Crippen MR) is 83.0 cm³/mol. The smallest absolute Gasteiger partial charge is 0.246 e. The van der Waals surface area contributed by atoms with E-state index in [2.05, 4.69) is 33.1 Å². The Hall–Kier alpha value is -2.61. The molecule has 0 unspecified atom stereocenters. The molecule has 1 amide bonds. The van der Waals surface area contributed by atoms with Gasteiger partial charge >= 0.3 is 0 Å². The fourth-order valence-electron chi connectivity index (χ4n) is 3.67. The normalized spacial score (nSPS) is 27.2. The zero-order valence-electron chi connectivity index (χ0n) is 12.1. The SMILES string of the molecule is N#C[C@H]1C(=O)Nc2nc3ccccc3n2[C@@H]1[C@@H]1CC=CCC1. The molecular formula is C17H16N4O. The van der Waals surface area contributed by atoms with E-state index < -0.39 is 5.92 Å². The van der Waals surface area contributed by atoms with Crippen LogP contribution in [0.2, 0.25) is 0 Å². The topological polar surface area (TPSA) is 70.7 Å². The lowest BCUT2D eigenvalue weighted by atomic mass is 9.80. The molecular weight excluding hydrogens is 276 g/mol. The van der Waals surface area contributed by atoms with Crippen LogP contribution in [0.25, 0.3) is 11.0 Å². The number of hydrogen-bond acceptors (Lipinski definition) is 3. The Labute approximate surface area is 128 Å². The van der Waals surface area contributed by atoms with Crippen molar-refractivity contribution in [1.82, 2.24) is 9.55 Å². The Kier molecular flexibility index (Phi) is 2.97. The lowest BCUT2D eigenvalue weighted by molar-refractivity contribution is -0.120. The van der Waals surface area contributed by atoms with Crippen LogP contribution in [0.15, 0.2) is 36.4 Å². The number of allylic oxidation sites excluding steroid dienone is 2. The van der Waals surface area contributed by atoms with Crippen LogP contribution in [0, 0.1) is 23.2 Å². The maximum absolute atomic E-state index is 12.3. The summed E-state index contributed by atoms with van der Waals surface area (Å²) in [7, 11) is 0. The number of para-hydroxylation sites is 2. The van der Waals surface area contributed by atoms with Gasteiger partial charge in [0.25, 0.3) is 0 Å². The van der Waals surface area contributed by atoms with Crippen molar-refractivity contribution in [2.75, 3.05) is 5.32 Å². The highest BCUT2D eigenvalue weighted by molar-refractivity contribution is 5.97. The minimum atomic E-state index is -0.665. The van der Waals surface area contributed by atoms with Crippen molar-refractivity contribution >= 4 is 22.9 Å². The van der Waals surface area contributed by atoms with E-state index >= 15 is 0 Å². The fourth-order valence-corrected chi connectivity index (χ4v) is 3.67. The molecule has 0 fully saturated rings. The third-order valence-electron chi connectivity index (χ3n) is 4.68. The van der Waals surface area contributed by atoms with E-state index in [1.807, 2.05) is 24.3 Å². The number of nitriles is 1. The van der Waals surface area contributed by atoms with Crippen molar-refractivity contribution in [2.45, 2.75) is 25.3 Å². The molecule has 1 aliphatic carbocycles. The highest BCUT2D eigenvalue weighted by Gasteiger charge is 2.41. The second-order valence-electron chi connectivity index (χ2n) is 5.93. The number of nitrogens with zero attached hydrogens (tertiary/aromatic N) is 3. The molecule has 5 nitrogen and oxygen atoms in total. The van der Waals surface area contributed by atoms with Crippen LogP contribution in [0.1, 0.15) is 25.3 Å². The number of imidazole rings is 1. The summed E-state index contributed by atoms with van der Waals surface area (Å²) in [6.07, 6.45) is 7.24. The van der Waals surface area contributed by atoms with Crippen LogP contribution >= 0.6 is 0 Å². The van der Waals surface area contributed by atoms with Crippen LogP contribution in [0.3, 0.4) is 0 Å². The number of rotatable bonds is 1. The summed E-state index contributed by atoms with van der Waals surface area (Å²) in [5.74, 6) is -0.0409. The van der Waals surface area contributed by atoms with Gasteiger partial charge in [0.15, 0.2) is 0 Å². The number of amides is 1. The van der Waals surface area contributed by atoms with Gasteiger partial charge in [0, 0.05) is 0 Å². The number of fused-ring (bicyclic) bond motifs is 3. The van der Waals surface area contributed by atoms with E-state index in [4.69, 9.17) is 0 Å². The summed E-state index contributed by atoms with van der Waals surface area (Å²) in [4.78, 5) is 16.8. The summed E-state index contributed by atoms with van der Waals surface area (Å²) in [5, 5.41) is 12.3.